The fraction of sp³-hybridized carbons (Fsp3) is 0.333. The van der Waals surface area contributed by atoms with E-state index in [1.54, 1.807) is 12.4 Å². The smallest absolute Gasteiger partial charge is 0.130 e. The molecule has 2 heterocycles. The van der Waals surface area contributed by atoms with Crippen molar-refractivity contribution in [1.82, 2.24) is 14.5 Å². The lowest BCUT2D eigenvalue weighted by Gasteiger charge is -2.13. The van der Waals surface area contributed by atoms with Gasteiger partial charge >= 0.3 is 0 Å². The Hall–Kier alpha value is -1.68. The fourth-order valence-electron chi connectivity index (χ4n) is 1.76. The molecule has 0 bridgehead atoms. The third kappa shape index (κ3) is 1.97. The Labute approximate surface area is 95.1 Å². The average molecular weight is 216 g/mol. The van der Waals surface area contributed by atoms with Crippen LogP contribution in [-0.4, -0.2) is 14.5 Å². The van der Waals surface area contributed by atoms with Gasteiger partial charge in [-0.1, -0.05) is 6.07 Å². The molecule has 0 aliphatic rings. The van der Waals surface area contributed by atoms with E-state index in [2.05, 4.69) is 16.9 Å². The monoisotopic (exact) mass is 216 g/mol. The average Bonchev–Trinajstić information content (AvgIpc) is 2.76. The van der Waals surface area contributed by atoms with E-state index < -0.39 is 0 Å². The van der Waals surface area contributed by atoms with Crippen molar-refractivity contribution in [2.45, 2.75) is 26.4 Å². The van der Waals surface area contributed by atoms with E-state index in [1.165, 1.54) is 0 Å². The summed E-state index contributed by atoms with van der Waals surface area (Å²) in [6.07, 6.45) is 7.34. The molecule has 16 heavy (non-hydrogen) atoms. The lowest BCUT2D eigenvalue weighted by molar-refractivity contribution is 0.655. The predicted octanol–water partition coefficient (Wildman–Crippen LogP) is 1.65. The van der Waals surface area contributed by atoms with Gasteiger partial charge in [-0.2, -0.15) is 0 Å². The van der Waals surface area contributed by atoms with Gasteiger partial charge in [-0.25, -0.2) is 4.98 Å². The molecule has 2 N–H and O–H groups in total. The third-order valence-electron chi connectivity index (χ3n) is 2.62. The van der Waals surface area contributed by atoms with Gasteiger partial charge in [0.05, 0.1) is 6.04 Å². The summed E-state index contributed by atoms with van der Waals surface area (Å²) in [6.45, 7) is 4.96. The van der Waals surface area contributed by atoms with Crippen molar-refractivity contribution in [1.29, 1.82) is 0 Å². The number of rotatable bonds is 3. The van der Waals surface area contributed by atoms with E-state index in [4.69, 9.17) is 5.73 Å². The molecular weight excluding hydrogens is 200 g/mol. The van der Waals surface area contributed by atoms with E-state index in [0.29, 0.717) is 0 Å². The Kier molecular flexibility index (Phi) is 3.01. The molecule has 0 saturated carbocycles. The third-order valence-corrected chi connectivity index (χ3v) is 2.62. The van der Waals surface area contributed by atoms with Crippen LogP contribution in [0, 0.1) is 6.92 Å². The Morgan fingerprint density at radius 2 is 2.25 bits per heavy atom. The van der Waals surface area contributed by atoms with Crippen LogP contribution in [0.3, 0.4) is 0 Å². The van der Waals surface area contributed by atoms with Crippen molar-refractivity contribution in [3.63, 3.8) is 0 Å². The Balaban J connectivity index is 2.35. The van der Waals surface area contributed by atoms with Gasteiger partial charge in [0.1, 0.15) is 5.82 Å². The van der Waals surface area contributed by atoms with Crippen molar-refractivity contribution < 1.29 is 0 Å². The van der Waals surface area contributed by atoms with Gasteiger partial charge in [-0.05, 0) is 25.0 Å². The van der Waals surface area contributed by atoms with Crippen LogP contribution >= 0.6 is 0 Å². The summed E-state index contributed by atoms with van der Waals surface area (Å²) in [6, 6.07) is 1.84. The maximum Gasteiger partial charge on any atom is 0.130 e. The summed E-state index contributed by atoms with van der Waals surface area (Å²) < 4.78 is 2.05. The number of aromatic nitrogens is 3. The highest BCUT2D eigenvalue weighted by atomic mass is 15.1. The second kappa shape index (κ2) is 4.45. The lowest BCUT2D eigenvalue weighted by Crippen LogP contribution is -2.17. The molecule has 1 unspecified atom stereocenters. The molecule has 0 spiro atoms. The molecule has 0 amide bonds. The summed E-state index contributed by atoms with van der Waals surface area (Å²) in [5.41, 5.74) is 8.30. The molecule has 4 nitrogen and oxygen atoms in total. The molecule has 0 radical (unpaired) electrons. The zero-order valence-electron chi connectivity index (χ0n) is 9.59. The Morgan fingerprint density at radius 1 is 1.44 bits per heavy atom. The van der Waals surface area contributed by atoms with Gasteiger partial charge < -0.3 is 10.3 Å². The van der Waals surface area contributed by atoms with Crippen molar-refractivity contribution >= 4 is 0 Å². The molecule has 1 atom stereocenters. The SMILES string of the molecule is CCn1ccnc1C(N)c1cncc(C)c1. The van der Waals surface area contributed by atoms with E-state index in [-0.39, 0.29) is 6.04 Å². The van der Waals surface area contributed by atoms with Crippen LogP contribution in [0.4, 0.5) is 0 Å². The molecule has 84 valence electrons. The van der Waals surface area contributed by atoms with E-state index in [9.17, 15) is 0 Å². The first-order valence-corrected chi connectivity index (χ1v) is 5.40. The molecule has 0 aliphatic carbocycles. The molecule has 0 fully saturated rings. The fourth-order valence-corrected chi connectivity index (χ4v) is 1.76. The molecule has 0 aliphatic heterocycles. The van der Waals surface area contributed by atoms with Crippen LogP contribution in [0.2, 0.25) is 0 Å². The van der Waals surface area contributed by atoms with E-state index >= 15 is 0 Å². The summed E-state index contributed by atoms with van der Waals surface area (Å²) in [4.78, 5) is 8.46. The van der Waals surface area contributed by atoms with Crippen molar-refractivity contribution in [2.75, 3.05) is 0 Å². The minimum absolute atomic E-state index is 0.206. The molecule has 4 heteroatoms. The molecular formula is C12H16N4. The van der Waals surface area contributed by atoms with E-state index in [1.807, 2.05) is 30.0 Å². The van der Waals surface area contributed by atoms with Crippen LogP contribution in [0.5, 0.6) is 0 Å². The highest BCUT2D eigenvalue weighted by Gasteiger charge is 2.14. The number of hydrogen-bond acceptors (Lipinski definition) is 3. The van der Waals surface area contributed by atoms with Gasteiger partial charge in [0.15, 0.2) is 0 Å². The highest BCUT2D eigenvalue weighted by Crippen LogP contribution is 2.17. The molecule has 2 aromatic heterocycles. The second-order valence-electron chi connectivity index (χ2n) is 3.84. The zero-order valence-corrected chi connectivity index (χ0v) is 9.59. The second-order valence-corrected chi connectivity index (χ2v) is 3.84. The highest BCUT2D eigenvalue weighted by molar-refractivity contribution is 5.25. The van der Waals surface area contributed by atoms with Gasteiger partial charge in [0.25, 0.3) is 0 Å². The number of pyridine rings is 1. The first-order valence-electron chi connectivity index (χ1n) is 5.40. The predicted molar refractivity (Wildman–Crippen MR) is 62.9 cm³/mol. The van der Waals surface area contributed by atoms with Crippen LogP contribution in [0.25, 0.3) is 0 Å². The van der Waals surface area contributed by atoms with Crippen molar-refractivity contribution in [3.05, 3.63) is 47.8 Å². The first kappa shape index (κ1) is 10.8. The van der Waals surface area contributed by atoms with Crippen LogP contribution < -0.4 is 5.73 Å². The van der Waals surface area contributed by atoms with Crippen LogP contribution in [-0.2, 0) is 6.54 Å². The van der Waals surface area contributed by atoms with Gasteiger partial charge in [0.2, 0.25) is 0 Å². The van der Waals surface area contributed by atoms with Crippen LogP contribution in [0.15, 0.2) is 30.9 Å². The normalized spacial score (nSPS) is 12.7. The van der Waals surface area contributed by atoms with Gasteiger partial charge in [-0.3, -0.25) is 4.98 Å². The topological polar surface area (TPSA) is 56.7 Å². The summed E-state index contributed by atoms with van der Waals surface area (Å²) in [5, 5.41) is 0. The Bertz CT molecular complexity index is 475. The number of imidazole rings is 1. The van der Waals surface area contributed by atoms with Crippen molar-refractivity contribution in [2.24, 2.45) is 5.73 Å². The summed E-state index contributed by atoms with van der Waals surface area (Å²) in [5.74, 6) is 0.884. The van der Waals surface area contributed by atoms with Crippen molar-refractivity contribution in [3.8, 4) is 0 Å². The maximum atomic E-state index is 6.18. The number of nitrogens with two attached hydrogens (primary N) is 1. The number of aryl methyl sites for hydroxylation is 2. The summed E-state index contributed by atoms with van der Waals surface area (Å²) in [7, 11) is 0. The Morgan fingerprint density at radius 3 is 2.94 bits per heavy atom. The minimum atomic E-state index is -0.206. The largest absolute Gasteiger partial charge is 0.334 e. The lowest BCUT2D eigenvalue weighted by atomic mass is 10.1. The quantitative estimate of drug-likeness (QED) is 0.848. The molecule has 0 aromatic carbocycles. The molecule has 2 rings (SSSR count). The zero-order chi connectivity index (χ0) is 11.5. The molecule has 2 aromatic rings. The minimum Gasteiger partial charge on any atom is -0.334 e. The summed E-state index contributed by atoms with van der Waals surface area (Å²) >= 11 is 0. The first-order chi connectivity index (χ1) is 7.72. The van der Waals surface area contributed by atoms with E-state index in [0.717, 1.165) is 23.5 Å². The standard InChI is InChI=1S/C12H16N4/c1-3-16-5-4-15-12(16)11(13)10-6-9(2)7-14-8-10/h4-8,11H,3,13H2,1-2H3. The maximum absolute atomic E-state index is 6.18. The number of nitrogens with zero attached hydrogens (tertiary/aromatic N) is 3. The van der Waals surface area contributed by atoms with Gasteiger partial charge in [-0.15, -0.1) is 0 Å². The molecule has 0 saturated heterocycles. The van der Waals surface area contributed by atoms with Crippen LogP contribution in [0.1, 0.15) is 29.9 Å². The number of hydrogen-bond donors (Lipinski definition) is 1. The van der Waals surface area contributed by atoms with Gasteiger partial charge in [0, 0.05) is 31.3 Å².